The van der Waals surface area contributed by atoms with Crippen molar-refractivity contribution in [3.63, 3.8) is 0 Å². The van der Waals surface area contributed by atoms with Crippen LogP contribution in [0.5, 0.6) is 0 Å². The van der Waals surface area contributed by atoms with Crippen molar-refractivity contribution in [3.8, 4) is 0 Å². The van der Waals surface area contributed by atoms with Crippen LogP contribution in [0.2, 0.25) is 15.2 Å². The van der Waals surface area contributed by atoms with Crippen LogP contribution in [0.25, 0.3) is 0 Å². The minimum atomic E-state index is 0.287. The van der Waals surface area contributed by atoms with Crippen molar-refractivity contribution in [3.05, 3.63) is 21.3 Å². The van der Waals surface area contributed by atoms with Gasteiger partial charge in [-0.2, -0.15) is 0 Å². The molecule has 1 aliphatic heterocycles. The van der Waals surface area contributed by atoms with E-state index in [2.05, 4.69) is 22.1 Å². The average molecular weight is 309 g/mol. The molecular formula is C12H16Cl3N3. The van der Waals surface area contributed by atoms with Crippen molar-refractivity contribution in [2.24, 2.45) is 0 Å². The molecule has 1 fully saturated rings. The van der Waals surface area contributed by atoms with Crippen molar-refractivity contribution in [1.82, 2.24) is 9.88 Å². The summed E-state index contributed by atoms with van der Waals surface area (Å²) in [5, 5.41) is 4.53. The van der Waals surface area contributed by atoms with Crippen molar-refractivity contribution >= 4 is 40.6 Å². The minimum absolute atomic E-state index is 0.287. The molecule has 1 aliphatic rings. The second kappa shape index (κ2) is 6.29. The number of pyridine rings is 1. The normalized spacial score (nSPS) is 18.0. The third-order valence-corrected chi connectivity index (χ3v) is 4.22. The fourth-order valence-corrected chi connectivity index (χ4v) is 2.68. The first-order valence-electron chi connectivity index (χ1n) is 6.10. The van der Waals surface area contributed by atoms with Crippen LogP contribution in [-0.2, 0) is 0 Å². The molecule has 1 N–H and O–H groups in total. The third-order valence-electron chi connectivity index (χ3n) is 3.26. The largest absolute Gasteiger partial charge is 0.366 e. The summed E-state index contributed by atoms with van der Waals surface area (Å²) in [6.45, 7) is 5.50. The molecule has 1 aromatic rings. The Bertz CT molecular complexity index is 417. The lowest BCUT2D eigenvalue weighted by molar-refractivity contribution is 0.229. The Balaban J connectivity index is 2.00. The van der Waals surface area contributed by atoms with Crippen LogP contribution in [0, 0.1) is 0 Å². The highest BCUT2D eigenvalue weighted by molar-refractivity contribution is 6.42. The Morgan fingerprint density at radius 3 is 2.56 bits per heavy atom. The predicted octanol–water partition coefficient (Wildman–Crippen LogP) is 3.94. The fraction of sp³-hybridized carbons (Fsp3) is 0.583. The quantitative estimate of drug-likeness (QED) is 0.857. The van der Waals surface area contributed by atoms with Gasteiger partial charge in [-0.15, -0.1) is 0 Å². The zero-order valence-corrected chi connectivity index (χ0v) is 12.5. The maximum absolute atomic E-state index is 6.10. The van der Waals surface area contributed by atoms with Crippen LogP contribution in [0.3, 0.4) is 0 Å². The number of likely N-dealkylation sites (tertiary alicyclic amines) is 1. The maximum atomic E-state index is 6.10. The van der Waals surface area contributed by atoms with Crippen LogP contribution in [0.1, 0.15) is 19.8 Å². The second-order valence-corrected chi connectivity index (χ2v) is 5.62. The molecule has 0 saturated carbocycles. The summed E-state index contributed by atoms with van der Waals surface area (Å²) in [4.78, 5) is 6.61. The van der Waals surface area contributed by atoms with Crippen molar-refractivity contribution in [2.45, 2.75) is 25.8 Å². The van der Waals surface area contributed by atoms with Gasteiger partial charge in [0.15, 0.2) is 0 Å². The topological polar surface area (TPSA) is 28.2 Å². The lowest BCUT2D eigenvalue weighted by atomic mass is 10.1. The summed E-state index contributed by atoms with van der Waals surface area (Å²) in [6, 6.07) is 2.03. The number of nitrogens with one attached hydrogen (secondary N) is 1. The molecule has 0 bridgehead atoms. The summed E-state index contributed by atoms with van der Waals surface area (Å²) in [7, 11) is 0. The molecule has 0 atom stereocenters. The molecule has 2 rings (SSSR count). The maximum Gasteiger partial charge on any atom is 0.150 e. The van der Waals surface area contributed by atoms with E-state index >= 15 is 0 Å². The number of hydrogen-bond acceptors (Lipinski definition) is 3. The van der Waals surface area contributed by atoms with E-state index in [9.17, 15) is 0 Å². The first-order valence-corrected chi connectivity index (χ1v) is 7.24. The number of halogens is 3. The van der Waals surface area contributed by atoms with Crippen molar-refractivity contribution in [1.29, 1.82) is 0 Å². The molecule has 1 aromatic heterocycles. The molecule has 1 saturated heterocycles. The molecule has 0 radical (unpaired) electrons. The van der Waals surface area contributed by atoms with E-state index in [1.807, 2.05) is 0 Å². The molecule has 0 aliphatic carbocycles. The van der Waals surface area contributed by atoms with Gasteiger partial charge in [0.05, 0.1) is 10.0 Å². The number of aromatic nitrogens is 1. The molecular weight excluding hydrogens is 293 g/mol. The Labute approximate surface area is 122 Å². The lowest BCUT2D eigenvalue weighted by Gasteiger charge is -2.31. The number of piperidine rings is 1. The molecule has 0 spiro atoms. The number of nitrogens with zero attached hydrogens (tertiary/aromatic N) is 2. The Kier molecular flexibility index (Phi) is 4.96. The van der Waals surface area contributed by atoms with Gasteiger partial charge in [-0.05, 0) is 25.5 Å². The SMILES string of the molecule is CCN1CCC(Nc2nc(Cl)c(Cl)cc2Cl)CC1. The smallest absolute Gasteiger partial charge is 0.150 e. The van der Waals surface area contributed by atoms with Gasteiger partial charge in [-0.1, -0.05) is 41.7 Å². The summed E-state index contributed by atoms with van der Waals surface area (Å²) in [6.07, 6.45) is 2.18. The van der Waals surface area contributed by atoms with E-state index in [-0.39, 0.29) is 5.15 Å². The van der Waals surface area contributed by atoms with E-state index < -0.39 is 0 Å². The van der Waals surface area contributed by atoms with Gasteiger partial charge in [0.25, 0.3) is 0 Å². The Morgan fingerprint density at radius 2 is 1.94 bits per heavy atom. The van der Waals surface area contributed by atoms with E-state index in [1.54, 1.807) is 6.07 Å². The second-order valence-electron chi connectivity index (χ2n) is 4.44. The summed E-state index contributed by atoms with van der Waals surface area (Å²) in [5.74, 6) is 0.626. The summed E-state index contributed by atoms with van der Waals surface area (Å²) < 4.78 is 0. The van der Waals surface area contributed by atoms with Gasteiger partial charge in [-0.3, -0.25) is 0 Å². The Hall–Kier alpha value is -0.220. The first-order chi connectivity index (χ1) is 8.60. The van der Waals surface area contributed by atoms with Gasteiger partial charge < -0.3 is 10.2 Å². The predicted molar refractivity (Wildman–Crippen MR) is 78.0 cm³/mol. The zero-order chi connectivity index (χ0) is 13.1. The fourth-order valence-electron chi connectivity index (χ4n) is 2.13. The molecule has 18 heavy (non-hydrogen) atoms. The Morgan fingerprint density at radius 1 is 1.28 bits per heavy atom. The summed E-state index contributed by atoms with van der Waals surface area (Å²) >= 11 is 17.9. The molecule has 100 valence electrons. The third kappa shape index (κ3) is 3.41. The van der Waals surface area contributed by atoms with E-state index in [0.29, 0.717) is 21.9 Å². The van der Waals surface area contributed by atoms with E-state index in [1.165, 1.54) is 0 Å². The van der Waals surface area contributed by atoms with E-state index in [0.717, 1.165) is 32.5 Å². The highest BCUT2D eigenvalue weighted by Crippen LogP contribution is 2.30. The average Bonchev–Trinajstić information content (AvgIpc) is 2.37. The molecule has 0 unspecified atom stereocenters. The molecule has 0 aromatic carbocycles. The van der Waals surface area contributed by atoms with Crippen LogP contribution in [0.4, 0.5) is 5.82 Å². The van der Waals surface area contributed by atoms with Crippen LogP contribution < -0.4 is 5.32 Å². The van der Waals surface area contributed by atoms with Crippen LogP contribution in [0.15, 0.2) is 6.07 Å². The standard InChI is InChI=1S/C12H16Cl3N3/c1-2-18-5-3-8(4-6-18)16-12-10(14)7-9(13)11(15)17-12/h7-8H,2-6H2,1H3,(H,16,17). The van der Waals surface area contributed by atoms with Gasteiger partial charge in [0.1, 0.15) is 11.0 Å². The first kappa shape index (κ1) is 14.2. The number of hydrogen-bond donors (Lipinski definition) is 1. The minimum Gasteiger partial charge on any atom is -0.366 e. The van der Waals surface area contributed by atoms with Gasteiger partial charge in [0, 0.05) is 19.1 Å². The number of rotatable bonds is 3. The molecule has 0 amide bonds. The van der Waals surface area contributed by atoms with Gasteiger partial charge in [0.2, 0.25) is 0 Å². The van der Waals surface area contributed by atoms with Crippen LogP contribution in [-0.4, -0.2) is 35.6 Å². The number of anilines is 1. The van der Waals surface area contributed by atoms with Gasteiger partial charge >= 0.3 is 0 Å². The summed E-state index contributed by atoms with van der Waals surface area (Å²) in [5.41, 5.74) is 0. The van der Waals surface area contributed by atoms with Crippen LogP contribution >= 0.6 is 34.8 Å². The van der Waals surface area contributed by atoms with Crippen molar-refractivity contribution in [2.75, 3.05) is 25.0 Å². The highest BCUT2D eigenvalue weighted by atomic mass is 35.5. The molecule has 6 heteroatoms. The highest BCUT2D eigenvalue weighted by Gasteiger charge is 2.19. The monoisotopic (exact) mass is 307 g/mol. The lowest BCUT2D eigenvalue weighted by Crippen LogP contribution is -2.39. The molecule has 3 nitrogen and oxygen atoms in total. The van der Waals surface area contributed by atoms with Gasteiger partial charge in [-0.25, -0.2) is 4.98 Å². The zero-order valence-electron chi connectivity index (χ0n) is 10.2. The van der Waals surface area contributed by atoms with Crippen molar-refractivity contribution < 1.29 is 0 Å². The van der Waals surface area contributed by atoms with E-state index in [4.69, 9.17) is 34.8 Å². The molecule has 2 heterocycles.